The van der Waals surface area contributed by atoms with Crippen molar-refractivity contribution in [2.45, 2.75) is 19.4 Å². The number of hydrogen-bond donors (Lipinski definition) is 1. The number of fused-ring (bicyclic) bond motifs is 1. The molecule has 1 heterocycles. The van der Waals surface area contributed by atoms with Crippen molar-refractivity contribution in [1.82, 2.24) is 5.32 Å². The zero-order valence-electron chi connectivity index (χ0n) is 13.9. The molecule has 25 heavy (non-hydrogen) atoms. The van der Waals surface area contributed by atoms with E-state index in [-0.39, 0.29) is 25.0 Å². The lowest BCUT2D eigenvalue weighted by atomic mass is 10.00. The van der Waals surface area contributed by atoms with Crippen molar-refractivity contribution in [3.8, 4) is 0 Å². The summed E-state index contributed by atoms with van der Waals surface area (Å²) in [6.45, 7) is 1.66. The van der Waals surface area contributed by atoms with E-state index in [4.69, 9.17) is 4.74 Å². The Bertz CT molecular complexity index is 868. The molecule has 0 aliphatic carbocycles. The highest BCUT2D eigenvalue weighted by Crippen LogP contribution is 2.23. The van der Waals surface area contributed by atoms with Crippen molar-refractivity contribution in [1.29, 1.82) is 0 Å². The van der Waals surface area contributed by atoms with E-state index in [1.807, 2.05) is 66.2 Å². The van der Waals surface area contributed by atoms with E-state index in [1.54, 1.807) is 0 Å². The lowest BCUT2D eigenvalue weighted by Gasteiger charge is -2.16. The van der Waals surface area contributed by atoms with Crippen LogP contribution in [0.15, 0.2) is 59.3 Å². The molecule has 128 valence electrons. The summed E-state index contributed by atoms with van der Waals surface area (Å²) in [5.74, 6) is -0.703. The Hall–Kier alpha value is -2.66. The molecule has 1 atom stereocenters. The Labute approximate surface area is 150 Å². The number of benzene rings is 2. The maximum absolute atomic E-state index is 12.1. The second-order valence-corrected chi connectivity index (χ2v) is 6.61. The average Bonchev–Trinajstić information content (AvgIpc) is 3.12. The Morgan fingerprint density at radius 1 is 1.12 bits per heavy atom. The molecule has 0 unspecified atom stereocenters. The van der Waals surface area contributed by atoms with Crippen molar-refractivity contribution in [3.63, 3.8) is 0 Å². The molecule has 1 N–H and O–H groups in total. The van der Waals surface area contributed by atoms with Crippen LogP contribution < -0.4 is 5.32 Å². The first-order chi connectivity index (χ1) is 12.1. The molecule has 2 aromatic carbocycles. The first kappa shape index (κ1) is 17.2. The molecule has 0 saturated heterocycles. The zero-order chi connectivity index (χ0) is 17.6. The van der Waals surface area contributed by atoms with Crippen LogP contribution in [-0.2, 0) is 20.7 Å². The highest BCUT2D eigenvalue weighted by molar-refractivity contribution is 7.08. The summed E-state index contributed by atoms with van der Waals surface area (Å²) < 4.78 is 5.06. The molecule has 1 aromatic heterocycles. The van der Waals surface area contributed by atoms with Gasteiger partial charge in [0, 0.05) is 0 Å². The van der Waals surface area contributed by atoms with Gasteiger partial charge < -0.3 is 10.1 Å². The fourth-order valence-corrected chi connectivity index (χ4v) is 3.41. The molecule has 0 saturated carbocycles. The van der Waals surface area contributed by atoms with Gasteiger partial charge in [-0.1, -0.05) is 42.5 Å². The lowest BCUT2D eigenvalue weighted by molar-refractivity contribution is -0.148. The maximum atomic E-state index is 12.1. The number of amides is 1. The summed E-state index contributed by atoms with van der Waals surface area (Å²) in [6, 6.07) is 15.8. The highest BCUT2D eigenvalue weighted by atomic mass is 32.1. The zero-order valence-corrected chi connectivity index (χ0v) is 14.7. The maximum Gasteiger partial charge on any atom is 0.310 e. The Kier molecular flexibility index (Phi) is 5.46. The summed E-state index contributed by atoms with van der Waals surface area (Å²) in [7, 11) is 0. The van der Waals surface area contributed by atoms with Crippen molar-refractivity contribution >= 4 is 34.0 Å². The number of esters is 1. The van der Waals surface area contributed by atoms with Gasteiger partial charge in [0.05, 0.1) is 12.5 Å². The van der Waals surface area contributed by atoms with Crippen LogP contribution in [0.25, 0.3) is 10.8 Å². The number of carbonyl (C=O) groups is 2. The van der Waals surface area contributed by atoms with Crippen molar-refractivity contribution < 1.29 is 14.3 Å². The monoisotopic (exact) mass is 353 g/mol. The van der Waals surface area contributed by atoms with Crippen LogP contribution in [0.3, 0.4) is 0 Å². The van der Waals surface area contributed by atoms with E-state index in [1.165, 1.54) is 11.3 Å². The Morgan fingerprint density at radius 2 is 1.92 bits per heavy atom. The van der Waals surface area contributed by atoms with Crippen LogP contribution in [0.2, 0.25) is 0 Å². The number of rotatable bonds is 6. The van der Waals surface area contributed by atoms with E-state index in [2.05, 4.69) is 5.32 Å². The molecule has 3 aromatic rings. The molecule has 4 nitrogen and oxygen atoms in total. The van der Waals surface area contributed by atoms with Gasteiger partial charge in [-0.3, -0.25) is 9.59 Å². The molecule has 0 radical (unpaired) electrons. The van der Waals surface area contributed by atoms with Crippen molar-refractivity contribution in [2.75, 3.05) is 6.61 Å². The number of thiophene rings is 1. The average molecular weight is 353 g/mol. The first-order valence-corrected chi connectivity index (χ1v) is 9.01. The fourth-order valence-electron chi connectivity index (χ4n) is 2.75. The van der Waals surface area contributed by atoms with E-state index < -0.39 is 5.97 Å². The number of ether oxygens (including phenoxy) is 1. The van der Waals surface area contributed by atoms with Gasteiger partial charge in [-0.05, 0) is 45.6 Å². The highest BCUT2D eigenvalue weighted by Gasteiger charge is 2.14. The van der Waals surface area contributed by atoms with Gasteiger partial charge in [0.2, 0.25) is 0 Å². The third kappa shape index (κ3) is 4.45. The number of carbonyl (C=O) groups excluding carboxylic acids is 2. The van der Waals surface area contributed by atoms with Crippen LogP contribution in [0, 0.1) is 0 Å². The number of hydrogen-bond acceptors (Lipinski definition) is 4. The molecule has 0 spiro atoms. The molecule has 0 aliphatic heterocycles. The van der Waals surface area contributed by atoms with Gasteiger partial charge in [0.15, 0.2) is 6.61 Å². The molecule has 5 heteroatoms. The van der Waals surface area contributed by atoms with E-state index in [0.29, 0.717) is 0 Å². The van der Waals surface area contributed by atoms with Gasteiger partial charge >= 0.3 is 5.97 Å². The first-order valence-electron chi connectivity index (χ1n) is 8.07. The molecular formula is C20H19NO3S. The van der Waals surface area contributed by atoms with E-state index in [0.717, 1.165) is 21.9 Å². The Morgan fingerprint density at radius 3 is 2.72 bits per heavy atom. The van der Waals surface area contributed by atoms with E-state index >= 15 is 0 Å². The summed E-state index contributed by atoms with van der Waals surface area (Å²) >= 11 is 1.53. The Balaban J connectivity index is 1.56. The number of nitrogens with one attached hydrogen (secondary N) is 1. The second kappa shape index (κ2) is 7.94. The van der Waals surface area contributed by atoms with E-state index in [9.17, 15) is 9.59 Å². The molecule has 3 rings (SSSR count). The topological polar surface area (TPSA) is 55.4 Å². The molecular weight excluding hydrogens is 334 g/mol. The lowest BCUT2D eigenvalue weighted by Crippen LogP contribution is -2.31. The third-order valence-corrected chi connectivity index (χ3v) is 4.69. The van der Waals surface area contributed by atoms with Crippen molar-refractivity contribution in [3.05, 3.63) is 70.4 Å². The van der Waals surface area contributed by atoms with Crippen LogP contribution >= 0.6 is 11.3 Å². The minimum atomic E-state index is -0.397. The second-order valence-electron chi connectivity index (χ2n) is 5.83. The minimum absolute atomic E-state index is 0.172. The predicted octanol–water partition coefficient (Wildman–Crippen LogP) is 3.86. The largest absolute Gasteiger partial charge is 0.455 e. The molecule has 0 bridgehead atoms. The van der Waals surface area contributed by atoms with Gasteiger partial charge in [0.1, 0.15) is 0 Å². The molecule has 0 fully saturated rings. The van der Waals surface area contributed by atoms with Gasteiger partial charge in [0.25, 0.3) is 5.91 Å². The van der Waals surface area contributed by atoms with Crippen LogP contribution in [0.1, 0.15) is 24.1 Å². The van der Waals surface area contributed by atoms with Crippen LogP contribution in [0.4, 0.5) is 0 Å². The minimum Gasteiger partial charge on any atom is -0.455 e. The summed E-state index contributed by atoms with van der Waals surface area (Å²) in [5, 5.41) is 8.92. The summed E-state index contributed by atoms with van der Waals surface area (Å²) in [5.41, 5.74) is 1.94. The molecule has 0 aliphatic rings. The standard InChI is InChI=1S/C20H19NO3S/c1-14(17-8-4-6-16-5-2-3-7-18(16)17)21-19(22)12-24-20(23)11-15-9-10-25-13-15/h2-10,13-14H,11-12H2,1H3,(H,21,22)/t14-/m0/s1. The summed E-state index contributed by atoms with van der Waals surface area (Å²) in [4.78, 5) is 23.8. The van der Waals surface area contributed by atoms with Crippen LogP contribution in [0.5, 0.6) is 0 Å². The third-order valence-electron chi connectivity index (χ3n) is 3.96. The fraction of sp³-hybridized carbons (Fsp3) is 0.200. The van der Waals surface area contributed by atoms with Crippen LogP contribution in [-0.4, -0.2) is 18.5 Å². The quantitative estimate of drug-likeness (QED) is 0.685. The smallest absolute Gasteiger partial charge is 0.310 e. The van der Waals surface area contributed by atoms with Gasteiger partial charge in [-0.15, -0.1) is 0 Å². The van der Waals surface area contributed by atoms with Gasteiger partial charge in [-0.2, -0.15) is 11.3 Å². The SMILES string of the molecule is C[C@H](NC(=O)COC(=O)Cc1ccsc1)c1cccc2ccccc12. The normalized spacial score (nSPS) is 11.9. The summed E-state index contributed by atoms with van der Waals surface area (Å²) in [6.07, 6.45) is 0.190. The molecule has 1 amide bonds. The predicted molar refractivity (Wildman–Crippen MR) is 99.5 cm³/mol. The van der Waals surface area contributed by atoms with Gasteiger partial charge in [-0.25, -0.2) is 0 Å². The van der Waals surface area contributed by atoms with Crippen molar-refractivity contribution in [2.24, 2.45) is 0 Å².